The highest BCUT2D eigenvalue weighted by Gasteiger charge is 2.38. The number of aliphatic hydroxyl groups is 1. The highest BCUT2D eigenvalue weighted by molar-refractivity contribution is 5.94. The molecule has 0 aromatic carbocycles. The Hall–Kier alpha value is -3.26. The van der Waals surface area contributed by atoms with Crippen LogP contribution in [-0.4, -0.2) is 92.6 Å². The molecule has 0 radical (unpaired) electrons. The van der Waals surface area contributed by atoms with Crippen LogP contribution in [0, 0.1) is 0 Å². The van der Waals surface area contributed by atoms with E-state index in [1.54, 1.807) is 0 Å². The maximum absolute atomic E-state index is 12.8. The summed E-state index contributed by atoms with van der Waals surface area (Å²) in [5.74, 6) is -5.80. The van der Waals surface area contributed by atoms with Gasteiger partial charge in [-0.2, -0.15) is 0 Å². The van der Waals surface area contributed by atoms with Gasteiger partial charge in [0.1, 0.15) is 24.2 Å². The lowest BCUT2D eigenvalue weighted by Gasteiger charge is -2.29. The number of carbonyl (C=O) groups is 6. The quantitative estimate of drug-likeness (QED) is 0.142. The van der Waals surface area contributed by atoms with Gasteiger partial charge in [0.25, 0.3) is 0 Å². The molecule has 1 fully saturated rings. The molecule has 1 aliphatic heterocycles. The van der Waals surface area contributed by atoms with Crippen molar-refractivity contribution in [1.29, 1.82) is 0 Å². The third kappa shape index (κ3) is 8.65. The first-order valence-corrected chi connectivity index (χ1v) is 10.4. The average Bonchev–Trinajstić information content (AvgIpc) is 3.21. The van der Waals surface area contributed by atoms with Crippen LogP contribution in [0.25, 0.3) is 0 Å². The van der Waals surface area contributed by atoms with Gasteiger partial charge in [0.2, 0.25) is 23.6 Å². The van der Waals surface area contributed by atoms with Gasteiger partial charge >= 0.3 is 11.9 Å². The molecule has 9 N–H and O–H groups in total. The number of amides is 4. The van der Waals surface area contributed by atoms with Gasteiger partial charge in [-0.25, -0.2) is 4.79 Å². The van der Waals surface area contributed by atoms with Crippen molar-refractivity contribution in [3.63, 3.8) is 0 Å². The Morgan fingerprint density at radius 2 is 1.64 bits per heavy atom. The van der Waals surface area contributed by atoms with E-state index in [0.717, 1.165) is 0 Å². The summed E-state index contributed by atoms with van der Waals surface area (Å²) in [5, 5.41) is 32.3. The Kier molecular flexibility index (Phi) is 10.7. The Balaban J connectivity index is 2.95. The van der Waals surface area contributed by atoms with E-state index in [2.05, 4.69) is 10.6 Å². The molecule has 5 atom stereocenters. The molecule has 33 heavy (non-hydrogen) atoms. The smallest absolute Gasteiger partial charge is 0.326 e. The molecule has 1 aliphatic rings. The van der Waals surface area contributed by atoms with Crippen molar-refractivity contribution in [3.05, 3.63) is 0 Å². The van der Waals surface area contributed by atoms with Crippen molar-refractivity contribution >= 4 is 35.6 Å². The minimum Gasteiger partial charge on any atom is -0.481 e. The summed E-state index contributed by atoms with van der Waals surface area (Å²) in [6, 6.07) is -5.13. The van der Waals surface area contributed by atoms with E-state index in [-0.39, 0.29) is 32.2 Å². The van der Waals surface area contributed by atoms with Gasteiger partial charge in [0, 0.05) is 19.4 Å². The van der Waals surface area contributed by atoms with Gasteiger partial charge in [-0.3, -0.25) is 24.0 Å². The fourth-order valence-electron chi connectivity index (χ4n) is 3.32. The molecule has 1 rings (SSSR count). The van der Waals surface area contributed by atoms with E-state index in [0.29, 0.717) is 6.42 Å². The lowest BCUT2D eigenvalue weighted by molar-refractivity contribution is -0.144. The zero-order valence-electron chi connectivity index (χ0n) is 18.2. The number of primary amides is 1. The number of aliphatic hydroxyl groups excluding tert-OH is 1. The summed E-state index contributed by atoms with van der Waals surface area (Å²) in [7, 11) is 0. The summed E-state index contributed by atoms with van der Waals surface area (Å²) in [5.41, 5.74) is 10.7. The maximum Gasteiger partial charge on any atom is 0.326 e. The molecule has 0 unspecified atom stereocenters. The normalized spacial score (nSPS) is 19.1. The molecular weight excluding hydrogens is 442 g/mol. The van der Waals surface area contributed by atoms with Gasteiger partial charge in [-0.1, -0.05) is 0 Å². The Morgan fingerprint density at radius 3 is 2.15 bits per heavy atom. The summed E-state index contributed by atoms with van der Waals surface area (Å²) >= 11 is 0. The lowest BCUT2D eigenvalue weighted by atomic mass is 10.1. The van der Waals surface area contributed by atoms with Crippen LogP contribution in [0.15, 0.2) is 0 Å². The first-order chi connectivity index (χ1) is 15.3. The molecule has 0 aliphatic carbocycles. The van der Waals surface area contributed by atoms with E-state index in [1.165, 1.54) is 11.8 Å². The van der Waals surface area contributed by atoms with Crippen LogP contribution >= 0.6 is 0 Å². The Labute approximate surface area is 189 Å². The minimum atomic E-state index is -1.48. The number of hydrogen-bond acceptors (Lipinski definition) is 8. The second-order valence-corrected chi connectivity index (χ2v) is 7.85. The van der Waals surface area contributed by atoms with Gasteiger partial charge < -0.3 is 42.3 Å². The van der Waals surface area contributed by atoms with E-state index >= 15 is 0 Å². The molecule has 0 saturated carbocycles. The topological polar surface area (TPSA) is 242 Å². The number of rotatable bonds is 13. The van der Waals surface area contributed by atoms with E-state index in [1.807, 2.05) is 0 Å². The number of carboxylic acid groups (broad SMARTS) is 2. The SMILES string of the molecule is C[C@@H](O)[C@H](N)C(=O)N1CCC[C@H]1C(=O)N[C@@H](CCC(=O)O)C(=O)N[C@@H](CCC(N)=O)C(=O)O. The molecule has 1 saturated heterocycles. The zero-order chi connectivity index (χ0) is 25.3. The van der Waals surface area contributed by atoms with Gasteiger partial charge in [-0.15, -0.1) is 0 Å². The predicted molar refractivity (Wildman–Crippen MR) is 111 cm³/mol. The summed E-state index contributed by atoms with van der Waals surface area (Å²) in [4.78, 5) is 72.4. The van der Waals surface area contributed by atoms with Crippen LogP contribution in [0.4, 0.5) is 0 Å². The minimum absolute atomic E-state index is 0.206. The molecule has 14 heteroatoms. The highest BCUT2D eigenvalue weighted by atomic mass is 16.4. The van der Waals surface area contributed by atoms with Gasteiger partial charge in [-0.05, 0) is 32.6 Å². The molecule has 14 nitrogen and oxygen atoms in total. The van der Waals surface area contributed by atoms with Crippen LogP contribution in [-0.2, 0) is 28.8 Å². The molecule has 0 spiro atoms. The van der Waals surface area contributed by atoms with Crippen molar-refractivity contribution in [3.8, 4) is 0 Å². The lowest BCUT2D eigenvalue weighted by Crippen LogP contribution is -2.57. The van der Waals surface area contributed by atoms with Crippen LogP contribution in [0.2, 0.25) is 0 Å². The number of nitrogens with two attached hydrogens (primary N) is 2. The number of nitrogens with zero attached hydrogens (tertiary/aromatic N) is 1. The van der Waals surface area contributed by atoms with E-state index < -0.39 is 72.3 Å². The average molecular weight is 473 g/mol. The summed E-state index contributed by atoms with van der Waals surface area (Å²) in [6.07, 6.45) is -1.88. The Bertz CT molecular complexity index is 773. The van der Waals surface area contributed by atoms with Crippen molar-refractivity contribution < 1.29 is 44.1 Å². The van der Waals surface area contributed by atoms with Crippen molar-refractivity contribution in [1.82, 2.24) is 15.5 Å². The third-order valence-corrected chi connectivity index (χ3v) is 5.22. The molecular formula is C19H31N5O9. The number of aliphatic carboxylic acids is 2. The van der Waals surface area contributed by atoms with Crippen molar-refractivity contribution in [2.24, 2.45) is 11.5 Å². The van der Waals surface area contributed by atoms with Gasteiger partial charge in [0.05, 0.1) is 6.10 Å². The molecule has 186 valence electrons. The molecule has 1 heterocycles. The van der Waals surface area contributed by atoms with E-state index in [4.69, 9.17) is 16.6 Å². The number of hydrogen-bond donors (Lipinski definition) is 7. The number of carbonyl (C=O) groups excluding carboxylic acids is 4. The van der Waals surface area contributed by atoms with Crippen LogP contribution in [0.1, 0.15) is 45.4 Å². The fraction of sp³-hybridized carbons (Fsp3) is 0.684. The van der Waals surface area contributed by atoms with Crippen LogP contribution in [0.3, 0.4) is 0 Å². The second kappa shape index (κ2) is 12.7. The highest BCUT2D eigenvalue weighted by Crippen LogP contribution is 2.19. The van der Waals surface area contributed by atoms with Crippen LogP contribution < -0.4 is 22.1 Å². The maximum atomic E-state index is 12.8. The first kappa shape index (κ1) is 27.8. The van der Waals surface area contributed by atoms with E-state index in [9.17, 15) is 39.0 Å². The summed E-state index contributed by atoms with van der Waals surface area (Å²) < 4.78 is 0. The van der Waals surface area contributed by atoms with Crippen molar-refractivity contribution in [2.45, 2.75) is 75.7 Å². The molecule has 0 aromatic heterocycles. The van der Waals surface area contributed by atoms with Crippen molar-refractivity contribution in [2.75, 3.05) is 6.54 Å². The Morgan fingerprint density at radius 1 is 1.03 bits per heavy atom. The number of nitrogens with one attached hydrogen (secondary N) is 2. The third-order valence-electron chi connectivity index (χ3n) is 5.22. The predicted octanol–water partition coefficient (Wildman–Crippen LogP) is -3.13. The van der Waals surface area contributed by atoms with Gasteiger partial charge in [0.15, 0.2) is 0 Å². The number of likely N-dealkylation sites (tertiary alicyclic amines) is 1. The molecule has 4 amide bonds. The second-order valence-electron chi connectivity index (χ2n) is 7.85. The van der Waals surface area contributed by atoms with Crippen LogP contribution in [0.5, 0.6) is 0 Å². The monoisotopic (exact) mass is 473 g/mol. The number of carboxylic acids is 2. The largest absolute Gasteiger partial charge is 0.481 e. The zero-order valence-corrected chi connectivity index (χ0v) is 18.2. The fourth-order valence-corrected chi connectivity index (χ4v) is 3.32. The standard InChI is InChI=1S/C19H31N5O9/c1-9(25)15(21)18(31)24-8-2-3-12(24)17(30)22-10(5-7-14(27)28)16(29)23-11(19(32)33)4-6-13(20)26/h9-12,15,25H,2-8,21H2,1H3,(H2,20,26)(H,22,30)(H,23,29)(H,27,28)(H,32,33)/t9-,10+,11+,12+,15+/m1/s1. The first-order valence-electron chi connectivity index (χ1n) is 10.4. The molecule has 0 bridgehead atoms. The molecule has 0 aromatic rings. The summed E-state index contributed by atoms with van der Waals surface area (Å²) in [6.45, 7) is 1.54.